The Morgan fingerprint density at radius 3 is 2.22 bits per heavy atom. The number of benzene rings is 2. The highest BCUT2D eigenvalue weighted by atomic mass is 16.6. The van der Waals surface area contributed by atoms with E-state index in [9.17, 15) is 20.2 Å². The van der Waals surface area contributed by atoms with E-state index in [0.717, 1.165) is 24.3 Å². The van der Waals surface area contributed by atoms with Crippen LogP contribution in [0.15, 0.2) is 54.1 Å². The van der Waals surface area contributed by atoms with Crippen LogP contribution in [0.5, 0.6) is 0 Å². The van der Waals surface area contributed by atoms with Crippen LogP contribution in [0.2, 0.25) is 0 Å². The lowest BCUT2D eigenvalue weighted by atomic mass is 10.1. The van der Waals surface area contributed by atoms with Crippen LogP contribution >= 0.6 is 0 Å². The number of carbonyl (C=O) groups is 1. The second-order valence-corrected chi connectivity index (χ2v) is 5.69. The Balaban J connectivity index is 2.14. The lowest BCUT2D eigenvalue weighted by Crippen LogP contribution is -2.21. The second kappa shape index (κ2) is 9.15. The second-order valence-electron chi connectivity index (χ2n) is 5.69. The van der Waals surface area contributed by atoms with E-state index in [4.69, 9.17) is 0 Å². The minimum Gasteiger partial charge on any atom is -0.372 e. The summed E-state index contributed by atoms with van der Waals surface area (Å²) in [5.41, 5.74) is 2.07. The maximum absolute atomic E-state index is 12.3. The number of carbonyl (C=O) groups excluding carboxylic acids is 1. The summed E-state index contributed by atoms with van der Waals surface area (Å²) in [5, 5.41) is 22.5. The zero-order chi connectivity index (χ0) is 19.8. The highest BCUT2D eigenvalue weighted by Crippen LogP contribution is 2.18. The first-order valence-electron chi connectivity index (χ1n) is 8.51. The molecule has 2 aromatic rings. The average Bonchev–Trinajstić information content (AvgIpc) is 2.68. The molecule has 2 rings (SSSR count). The van der Waals surface area contributed by atoms with Gasteiger partial charge in [-0.1, -0.05) is 12.1 Å². The molecule has 0 unspecified atom stereocenters. The highest BCUT2D eigenvalue weighted by molar-refractivity contribution is 6.09. The lowest BCUT2D eigenvalue weighted by Gasteiger charge is -2.20. The van der Waals surface area contributed by atoms with Gasteiger partial charge in [-0.15, -0.1) is 0 Å². The average molecular weight is 364 g/mol. The van der Waals surface area contributed by atoms with Gasteiger partial charge in [0.15, 0.2) is 0 Å². The molecular formula is C20H20N4O3. The first-order valence-corrected chi connectivity index (χ1v) is 8.51. The number of nitro benzene ring substituents is 1. The van der Waals surface area contributed by atoms with Gasteiger partial charge in [-0.3, -0.25) is 14.9 Å². The molecule has 138 valence electrons. The van der Waals surface area contributed by atoms with Gasteiger partial charge in [0.25, 0.3) is 11.6 Å². The fourth-order valence-corrected chi connectivity index (χ4v) is 2.55. The first-order chi connectivity index (χ1) is 13.0. The predicted octanol–water partition coefficient (Wildman–Crippen LogP) is 3.99. The summed E-state index contributed by atoms with van der Waals surface area (Å²) in [4.78, 5) is 24.6. The van der Waals surface area contributed by atoms with E-state index in [2.05, 4.69) is 24.1 Å². The molecule has 0 bridgehead atoms. The highest BCUT2D eigenvalue weighted by Gasteiger charge is 2.11. The molecule has 0 radical (unpaired) electrons. The molecule has 27 heavy (non-hydrogen) atoms. The fraction of sp³-hybridized carbons (Fsp3) is 0.200. The largest absolute Gasteiger partial charge is 0.372 e. The van der Waals surface area contributed by atoms with Gasteiger partial charge < -0.3 is 10.2 Å². The molecule has 7 heteroatoms. The molecule has 0 aliphatic carbocycles. The number of nitro groups is 1. The molecule has 0 saturated heterocycles. The SMILES string of the molecule is CCN(CC)c1ccc(/C=C(\C#N)C(=O)Nc2ccc([N+](=O)[O-])cc2)cc1. The van der Waals surface area contributed by atoms with Crippen LogP contribution in [0.25, 0.3) is 6.08 Å². The summed E-state index contributed by atoms with van der Waals surface area (Å²) in [6, 6.07) is 14.9. The van der Waals surface area contributed by atoms with Gasteiger partial charge in [0.1, 0.15) is 11.6 Å². The third-order valence-corrected chi connectivity index (χ3v) is 4.03. The third kappa shape index (κ3) is 5.16. The summed E-state index contributed by atoms with van der Waals surface area (Å²) < 4.78 is 0. The quantitative estimate of drug-likeness (QED) is 0.347. The smallest absolute Gasteiger partial charge is 0.269 e. The lowest BCUT2D eigenvalue weighted by molar-refractivity contribution is -0.384. The Hall–Kier alpha value is -3.66. The topological polar surface area (TPSA) is 99.3 Å². The first kappa shape index (κ1) is 19.7. The minimum absolute atomic E-state index is 0.0519. The van der Waals surface area contributed by atoms with Crippen LogP contribution in [-0.2, 0) is 4.79 Å². The monoisotopic (exact) mass is 364 g/mol. The standard InChI is InChI=1S/C20H20N4O3/c1-3-23(4-2)18-9-5-15(6-10-18)13-16(14-21)20(25)22-17-7-11-19(12-8-17)24(26)27/h5-13H,3-4H2,1-2H3,(H,22,25)/b16-13+. The zero-order valence-electron chi connectivity index (χ0n) is 15.2. The number of hydrogen-bond acceptors (Lipinski definition) is 5. The summed E-state index contributed by atoms with van der Waals surface area (Å²) in [5.74, 6) is -0.570. The number of non-ortho nitro benzene ring substituents is 1. The van der Waals surface area contributed by atoms with Gasteiger partial charge in [-0.25, -0.2) is 0 Å². The summed E-state index contributed by atoms with van der Waals surface area (Å²) in [7, 11) is 0. The molecular weight excluding hydrogens is 344 g/mol. The van der Waals surface area contributed by atoms with Crippen molar-refractivity contribution in [3.05, 3.63) is 69.8 Å². The molecule has 0 fully saturated rings. The van der Waals surface area contributed by atoms with E-state index in [1.54, 1.807) is 0 Å². The van der Waals surface area contributed by atoms with Gasteiger partial charge in [0.05, 0.1) is 4.92 Å². The Bertz CT molecular complexity index is 877. The Morgan fingerprint density at radius 1 is 1.15 bits per heavy atom. The van der Waals surface area contributed by atoms with Crippen molar-refractivity contribution >= 4 is 29.0 Å². The number of hydrogen-bond donors (Lipinski definition) is 1. The fourth-order valence-electron chi connectivity index (χ4n) is 2.55. The van der Waals surface area contributed by atoms with Gasteiger partial charge in [-0.05, 0) is 49.8 Å². The Labute approximate surface area is 157 Å². The summed E-state index contributed by atoms with van der Waals surface area (Å²) >= 11 is 0. The molecule has 0 spiro atoms. The van der Waals surface area contributed by atoms with Crippen LogP contribution in [0.1, 0.15) is 19.4 Å². The van der Waals surface area contributed by atoms with Gasteiger partial charge in [-0.2, -0.15) is 5.26 Å². The van der Waals surface area contributed by atoms with Crippen LogP contribution in [-0.4, -0.2) is 23.9 Å². The molecule has 0 saturated carbocycles. The van der Waals surface area contributed by atoms with Gasteiger partial charge >= 0.3 is 0 Å². The van der Waals surface area contributed by atoms with Crippen molar-refractivity contribution in [3.63, 3.8) is 0 Å². The van der Waals surface area contributed by atoms with E-state index in [1.165, 1.54) is 30.3 Å². The summed E-state index contributed by atoms with van der Waals surface area (Å²) in [6.45, 7) is 5.95. The maximum Gasteiger partial charge on any atom is 0.269 e. The van der Waals surface area contributed by atoms with Crippen molar-refractivity contribution in [2.75, 3.05) is 23.3 Å². The zero-order valence-corrected chi connectivity index (χ0v) is 15.2. The molecule has 1 amide bonds. The van der Waals surface area contributed by atoms with E-state index in [0.29, 0.717) is 5.69 Å². The molecule has 0 aliphatic heterocycles. The van der Waals surface area contributed by atoms with Crippen molar-refractivity contribution < 1.29 is 9.72 Å². The molecule has 1 N–H and O–H groups in total. The number of anilines is 2. The van der Waals surface area contributed by atoms with E-state index < -0.39 is 10.8 Å². The van der Waals surface area contributed by atoms with E-state index in [1.807, 2.05) is 30.3 Å². The van der Waals surface area contributed by atoms with E-state index in [-0.39, 0.29) is 11.3 Å². The van der Waals surface area contributed by atoms with Crippen LogP contribution in [0.4, 0.5) is 17.1 Å². The number of amides is 1. The van der Waals surface area contributed by atoms with Crippen LogP contribution < -0.4 is 10.2 Å². The maximum atomic E-state index is 12.3. The van der Waals surface area contributed by atoms with Crippen molar-refractivity contribution in [3.8, 4) is 6.07 Å². The molecule has 0 aliphatic rings. The van der Waals surface area contributed by atoms with Crippen molar-refractivity contribution in [1.29, 1.82) is 5.26 Å². The van der Waals surface area contributed by atoms with E-state index >= 15 is 0 Å². The van der Waals surface area contributed by atoms with Gasteiger partial charge in [0.2, 0.25) is 0 Å². The number of rotatable bonds is 7. The number of nitrogens with zero attached hydrogens (tertiary/aromatic N) is 3. The number of nitriles is 1. The normalized spacial score (nSPS) is 10.8. The Kier molecular flexibility index (Phi) is 6.67. The molecule has 7 nitrogen and oxygen atoms in total. The molecule has 2 aromatic carbocycles. The molecule has 0 atom stereocenters. The Morgan fingerprint density at radius 2 is 1.74 bits per heavy atom. The summed E-state index contributed by atoms with van der Waals surface area (Å²) in [6.07, 6.45) is 1.51. The number of nitrogens with one attached hydrogen (secondary N) is 1. The predicted molar refractivity (Wildman–Crippen MR) is 105 cm³/mol. The molecule has 0 aromatic heterocycles. The van der Waals surface area contributed by atoms with Crippen LogP contribution in [0, 0.1) is 21.4 Å². The molecule has 0 heterocycles. The minimum atomic E-state index is -0.570. The third-order valence-electron chi connectivity index (χ3n) is 4.03. The van der Waals surface area contributed by atoms with Crippen molar-refractivity contribution in [1.82, 2.24) is 0 Å². The van der Waals surface area contributed by atoms with Crippen LogP contribution in [0.3, 0.4) is 0 Å². The van der Waals surface area contributed by atoms with Crippen molar-refractivity contribution in [2.45, 2.75) is 13.8 Å². The van der Waals surface area contributed by atoms with Crippen molar-refractivity contribution in [2.24, 2.45) is 0 Å². The van der Waals surface area contributed by atoms with Gasteiger partial charge in [0, 0.05) is 36.6 Å².